The molecule has 0 N–H and O–H groups in total. The Bertz CT molecular complexity index is 1420. The van der Waals surface area contributed by atoms with Crippen molar-refractivity contribution >= 4 is 28.5 Å². The van der Waals surface area contributed by atoms with Gasteiger partial charge >= 0.3 is 6.03 Å². The van der Waals surface area contributed by atoms with Crippen molar-refractivity contribution in [3.63, 3.8) is 0 Å². The molecule has 0 aliphatic carbocycles. The van der Waals surface area contributed by atoms with Crippen molar-refractivity contribution in [3.05, 3.63) is 54.2 Å². The Hall–Kier alpha value is -3.76. The number of anilines is 1. The minimum Gasteiger partial charge on any atom is -0.493 e. The Labute approximate surface area is 260 Å². The molecule has 2 fully saturated rings. The van der Waals surface area contributed by atoms with Crippen LogP contribution in [0.1, 0.15) is 45.1 Å². The third-order valence-corrected chi connectivity index (χ3v) is 8.64. The number of hydrogen-bond acceptors (Lipinski definition) is 6. The molecule has 5 rings (SSSR count). The number of rotatable bonds is 13. The monoisotopic (exact) mass is 606 g/mol. The van der Waals surface area contributed by atoms with Crippen LogP contribution in [0.3, 0.4) is 0 Å². The van der Waals surface area contributed by atoms with E-state index in [1.165, 1.54) is 0 Å². The van der Waals surface area contributed by atoms with Crippen LogP contribution in [0, 0.1) is 0 Å². The third-order valence-electron chi connectivity index (χ3n) is 8.64. The molecule has 44 heavy (non-hydrogen) atoms. The number of urea groups is 1. The molecule has 1 aromatic heterocycles. The van der Waals surface area contributed by atoms with Crippen molar-refractivity contribution in [2.75, 3.05) is 58.6 Å². The number of amides is 3. The first-order valence-corrected chi connectivity index (χ1v) is 15.8. The lowest BCUT2D eigenvalue weighted by Crippen LogP contribution is -2.53. The number of nitrogens with zero attached hydrogens (tertiary/aromatic N) is 4. The van der Waals surface area contributed by atoms with E-state index in [0.29, 0.717) is 57.5 Å². The number of unbranched alkanes of at least 4 members (excludes halogenated alkanes) is 2. The van der Waals surface area contributed by atoms with E-state index in [1.54, 1.807) is 14.2 Å². The first kappa shape index (κ1) is 31.7. The van der Waals surface area contributed by atoms with Gasteiger partial charge in [0, 0.05) is 68.2 Å². The van der Waals surface area contributed by atoms with Gasteiger partial charge in [0.1, 0.15) is 6.54 Å². The summed E-state index contributed by atoms with van der Waals surface area (Å²) in [5.41, 5.74) is 2.83. The van der Waals surface area contributed by atoms with Crippen molar-refractivity contribution < 1.29 is 28.5 Å². The Morgan fingerprint density at radius 1 is 1.07 bits per heavy atom. The zero-order valence-electron chi connectivity index (χ0n) is 26.5. The van der Waals surface area contributed by atoms with E-state index in [0.717, 1.165) is 47.8 Å². The average molecular weight is 607 g/mol. The molecule has 3 amide bonds. The van der Waals surface area contributed by atoms with Crippen molar-refractivity contribution in [3.8, 4) is 11.5 Å². The van der Waals surface area contributed by atoms with Crippen LogP contribution in [0.2, 0.25) is 0 Å². The molecule has 0 radical (unpaired) electrons. The quantitative estimate of drug-likeness (QED) is 0.245. The average Bonchev–Trinajstić information content (AvgIpc) is 3.45. The lowest BCUT2D eigenvalue weighted by Gasteiger charge is -2.40. The highest BCUT2D eigenvalue weighted by Crippen LogP contribution is 2.34. The van der Waals surface area contributed by atoms with Crippen LogP contribution < -0.4 is 14.4 Å². The number of benzene rings is 2. The first-order chi connectivity index (χ1) is 21.4. The first-order valence-electron chi connectivity index (χ1n) is 15.8. The van der Waals surface area contributed by atoms with Gasteiger partial charge in [-0.15, -0.1) is 0 Å². The Balaban J connectivity index is 1.30. The van der Waals surface area contributed by atoms with E-state index in [-0.39, 0.29) is 30.6 Å². The fraction of sp³-hybridized carbons (Fsp3) is 0.529. The molecule has 1 unspecified atom stereocenters. The van der Waals surface area contributed by atoms with Crippen LogP contribution in [0.4, 0.5) is 10.5 Å². The summed E-state index contributed by atoms with van der Waals surface area (Å²) in [7, 11) is 3.28. The topological polar surface area (TPSA) is 85.7 Å². The van der Waals surface area contributed by atoms with Gasteiger partial charge in [-0.1, -0.05) is 31.9 Å². The van der Waals surface area contributed by atoms with Gasteiger partial charge in [-0.2, -0.15) is 0 Å². The summed E-state index contributed by atoms with van der Waals surface area (Å²) in [6.45, 7) is 8.33. The van der Waals surface area contributed by atoms with Gasteiger partial charge in [-0.05, 0) is 49.6 Å². The molecule has 2 aliphatic rings. The molecule has 10 nitrogen and oxygen atoms in total. The summed E-state index contributed by atoms with van der Waals surface area (Å²) >= 11 is 0. The minimum absolute atomic E-state index is 0.0320. The number of methoxy groups -OCH3 is 2. The summed E-state index contributed by atoms with van der Waals surface area (Å²) in [5.74, 6) is 1.38. The van der Waals surface area contributed by atoms with Crippen molar-refractivity contribution in [1.82, 2.24) is 14.4 Å². The SMILES string of the molecule is CCCCCOc1cc(N2CC[C@H](C)N(Cc3cccc4c3ccn4CC(=O)N3CCOC(COC)C3)C2=O)ccc1OC. The second-order valence-electron chi connectivity index (χ2n) is 11.7. The highest BCUT2D eigenvalue weighted by Gasteiger charge is 2.33. The van der Waals surface area contributed by atoms with Crippen LogP contribution >= 0.6 is 0 Å². The molecule has 2 saturated heterocycles. The lowest BCUT2D eigenvalue weighted by molar-refractivity contribution is -0.141. The minimum atomic E-state index is -0.0998. The van der Waals surface area contributed by atoms with Crippen molar-refractivity contribution in [2.24, 2.45) is 0 Å². The van der Waals surface area contributed by atoms with Crippen LogP contribution in [0.5, 0.6) is 11.5 Å². The van der Waals surface area contributed by atoms with Crippen LogP contribution in [0.25, 0.3) is 10.9 Å². The predicted octanol–water partition coefficient (Wildman–Crippen LogP) is 5.31. The maximum absolute atomic E-state index is 13.9. The number of hydrogen-bond donors (Lipinski definition) is 0. The number of aromatic nitrogens is 1. The normalized spacial score (nSPS) is 19.1. The Morgan fingerprint density at radius 3 is 2.73 bits per heavy atom. The van der Waals surface area contributed by atoms with Gasteiger partial charge < -0.3 is 33.3 Å². The number of morpholine rings is 1. The van der Waals surface area contributed by atoms with Crippen LogP contribution in [0.15, 0.2) is 48.7 Å². The van der Waals surface area contributed by atoms with Gasteiger partial charge in [-0.25, -0.2) is 4.79 Å². The molecule has 0 bridgehead atoms. The number of ether oxygens (including phenoxy) is 4. The van der Waals surface area contributed by atoms with Gasteiger partial charge in [0.25, 0.3) is 0 Å². The number of fused-ring (bicyclic) bond motifs is 1. The maximum atomic E-state index is 13.9. The highest BCUT2D eigenvalue weighted by molar-refractivity contribution is 5.94. The van der Waals surface area contributed by atoms with Gasteiger partial charge in [0.15, 0.2) is 11.5 Å². The zero-order valence-corrected chi connectivity index (χ0v) is 26.5. The van der Waals surface area contributed by atoms with E-state index in [4.69, 9.17) is 18.9 Å². The summed E-state index contributed by atoms with van der Waals surface area (Å²) in [5, 5.41) is 1.05. The molecular formula is C34H46N4O6. The predicted molar refractivity (Wildman–Crippen MR) is 171 cm³/mol. The Kier molecular flexibility index (Phi) is 10.7. The van der Waals surface area contributed by atoms with Gasteiger partial charge in [0.05, 0.1) is 33.0 Å². The molecule has 0 saturated carbocycles. The fourth-order valence-corrected chi connectivity index (χ4v) is 6.08. The molecule has 10 heteroatoms. The van der Waals surface area contributed by atoms with E-state index < -0.39 is 0 Å². The number of carbonyl (C=O) groups is 2. The van der Waals surface area contributed by atoms with E-state index in [1.807, 2.05) is 61.9 Å². The second-order valence-corrected chi connectivity index (χ2v) is 11.7. The summed E-state index contributed by atoms with van der Waals surface area (Å²) in [6, 6.07) is 13.9. The summed E-state index contributed by atoms with van der Waals surface area (Å²) in [6.07, 6.45) is 5.91. The van der Waals surface area contributed by atoms with Crippen LogP contribution in [-0.4, -0.2) is 92.1 Å². The van der Waals surface area contributed by atoms with Crippen molar-refractivity contribution in [1.29, 1.82) is 0 Å². The molecule has 2 atom stereocenters. The molecule has 3 heterocycles. The standard InChI is InChI=1S/C34H46N4O6/c1-5-6-7-18-44-32-20-27(11-12-31(32)42-4)37-16-13-25(2)38(34(37)40)21-26-9-8-10-30-29(26)14-15-35(30)23-33(39)36-17-19-43-28(22-36)24-41-3/h8-12,14-15,20,25,28H,5-7,13,16-19,21-24H2,1-4H3/t25-,28?/m0/s1. The second kappa shape index (κ2) is 14.8. The largest absolute Gasteiger partial charge is 0.493 e. The molecule has 0 spiro atoms. The molecule has 3 aromatic rings. The molecule has 2 aromatic carbocycles. The lowest BCUT2D eigenvalue weighted by atomic mass is 10.1. The summed E-state index contributed by atoms with van der Waals surface area (Å²) in [4.78, 5) is 32.8. The zero-order chi connectivity index (χ0) is 31.1. The Morgan fingerprint density at radius 2 is 1.93 bits per heavy atom. The smallest absolute Gasteiger partial charge is 0.325 e. The third kappa shape index (κ3) is 7.13. The van der Waals surface area contributed by atoms with Gasteiger partial charge in [0.2, 0.25) is 5.91 Å². The highest BCUT2D eigenvalue weighted by atomic mass is 16.5. The van der Waals surface area contributed by atoms with E-state index in [9.17, 15) is 9.59 Å². The van der Waals surface area contributed by atoms with Crippen LogP contribution in [-0.2, 0) is 27.4 Å². The fourth-order valence-electron chi connectivity index (χ4n) is 6.08. The van der Waals surface area contributed by atoms with E-state index in [2.05, 4.69) is 19.9 Å². The van der Waals surface area contributed by atoms with Gasteiger partial charge in [-0.3, -0.25) is 9.69 Å². The number of carbonyl (C=O) groups excluding carboxylic acids is 2. The van der Waals surface area contributed by atoms with E-state index >= 15 is 0 Å². The molecular weight excluding hydrogens is 560 g/mol. The molecule has 2 aliphatic heterocycles. The maximum Gasteiger partial charge on any atom is 0.325 e. The molecule has 238 valence electrons. The summed E-state index contributed by atoms with van der Waals surface area (Å²) < 4.78 is 24.5. The van der Waals surface area contributed by atoms with Crippen molar-refractivity contribution in [2.45, 2.75) is 64.8 Å².